The minimum Gasteiger partial charge on any atom is -0.481 e. The van der Waals surface area contributed by atoms with Crippen LogP contribution in [0, 0.1) is 0 Å². The number of benzene rings is 1. The summed E-state index contributed by atoms with van der Waals surface area (Å²) in [6, 6.07) is 4.55. The van der Waals surface area contributed by atoms with Gasteiger partial charge >= 0.3 is 11.7 Å². The molecular formula is C16H22N4O5S. The molecule has 1 aliphatic heterocycles. The van der Waals surface area contributed by atoms with Crippen molar-refractivity contribution in [1.29, 1.82) is 0 Å². The fourth-order valence-corrected chi connectivity index (χ4v) is 4.58. The lowest BCUT2D eigenvalue weighted by Gasteiger charge is -2.33. The van der Waals surface area contributed by atoms with Gasteiger partial charge in [-0.2, -0.15) is 4.31 Å². The van der Waals surface area contributed by atoms with Crippen LogP contribution in [0.2, 0.25) is 0 Å². The first kappa shape index (κ1) is 18.6. The average Bonchev–Trinajstić information content (AvgIpc) is 2.98. The van der Waals surface area contributed by atoms with Crippen LogP contribution in [0.3, 0.4) is 0 Å². The third-order valence-electron chi connectivity index (χ3n) is 4.57. The Hall–Kier alpha value is -2.17. The quantitative estimate of drug-likeness (QED) is 0.596. The van der Waals surface area contributed by atoms with Crippen LogP contribution in [-0.2, 0) is 14.8 Å². The summed E-state index contributed by atoms with van der Waals surface area (Å²) < 4.78 is 27.1. The fraction of sp³-hybridized carbons (Fsp3) is 0.500. The Kier molecular flexibility index (Phi) is 5.44. The van der Waals surface area contributed by atoms with E-state index in [9.17, 15) is 18.0 Å². The maximum Gasteiger partial charge on any atom is 0.323 e. The number of carboxylic acid groups (broad SMARTS) is 1. The molecule has 9 nitrogen and oxygen atoms in total. The van der Waals surface area contributed by atoms with Gasteiger partial charge in [-0.05, 0) is 37.6 Å². The number of H-pyrrole nitrogens is 2. The normalized spacial score (nSPS) is 16.9. The molecular weight excluding hydrogens is 360 g/mol. The molecule has 0 unspecified atom stereocenters. The molecule has 0 aliphatic carbocycles. The van der Waals surface area contributed by atoms with E-state index in [-0.39, 0.29) is 17.0 Å². The first-order valence-electron chi connectivity index (χ1n) is 8.52. The molecule has 0 spiro atoms. The number of nitrogens with zero attached hydrogens (tertiary/aromatic N) is 2. The van der Waals surface area contributed by atoms with Crippen LogP contribution in [-0.4, -0.2) is 71.4 Å². The number of carboxylic acids is 1. The second-order valence-corrected chi connectivity index (χ2v) is 8.32. The summed E-state index contributed by atoms with van der Waals surface area (Å²) in [5.74, 6) is -0.790. The summed E-state index contributed by atoms with van der Waals surface area (Å²) in [4.78, 5) is 29.3. The molecule has 3 N–H and O–H groups in total. The van der Waals surface area contributed by atoms with Crippen molar-refractivity contribution in [3.63, 3.8) is 0 Å². The van der Waals surface area contributed by atoms with E-state index >= 15 is 0 Å². The third-order valence-corrected chi connectivity index (χ3v) is 6.47. The number of aromatic nitrogens is 2. The number of imidazole rings is 1. The van der Waals surface area contributed by atoms with Crippen LogP contribution in [0.5, 0.6) is 0 Å². The van der Waals surface area contributed by atoms with Crippen LogP contribution >= 0.6 is 0 Å². The molecule has 0 amide bonds. The SMILES string of the molecule is O=C(O)CCCCN1CCN(S(=O)(=O)c2ccc3[nH]c(=O)[nH]c3c2)CC1. The summed E-state index contributed by atoms with van der Waals surface area (Å²) in [6.45, 7) is 2.80. The predicted molar refractivity (Wildman–Crippen MR) is 95.6 cm³/mol. The van der Waals surface area contributed by atoms with Crippen LogP contribution in [0.25, 0.3) is 11.0 Å². The molecule has 2 heterocycles. The number of nitrogens with one attached hydrogen (secondary N) is 2. The highest BCUT2D eigenvalue weighted by atomic mass is 32.2. The van der Waals surface area contributed by atoms with E-state index < -0.39 is 16.0 Å². The van der Waals surface area contributed by atoms with Gasteiger partial charge in [-0.25, -0.2) is 13.2 Å². The molecule has 2 aromatic rings. The molecule has 0 saturated carbocycles. The number of sulfonamides is 1. The van der Waals surface area contributed by atoms with E-state index in [0.29, 0.717) is 43.6 Å². The number of fused-ring (bicyclic) bond motifs is 1. The monoisotopic (exact) mass is 382 g/mol. The molecule has 0 atom stereocenters. The Morgan fingerprint density at radius 1 is 1.08 bits per heavy atom. The summed E-state index contributed by atoms with van der Waals surface area (Å²) >= 11 is 0. The van der Waals surface area contributed by atoms with Crippen molar-refractivity contribution in [3.8, 4) is 0 Å². The smallest absolute Gasteiger partial charge is 0.323 e. The zero-order valence-electron chi connectivity index (χ0n) is 14.3. The van der Waals surface area contributed by atoms with Gasteiger partial charge in [-0.3, -0.25) is 4.79 Å². The number of carbonyl (C=O) groups is 1. The van der Waals surface area contributed by atoms with Gasteiger partial charge in [0, 0.05) is 32.6 Å². The molecule has 142 valence electrons. The molecule has 0 bridgehead atoms. The summed E-state index contributed by atoms with van der Waals surface area (Å²) in [7, 11) is -3.61. The Labute approximate surface area is 150 Å². The predicted octanol–water partition coefficient (Wildman–Crippen LogP) is 0.417. The van der Waals surface area contributed by atoms with Gasteiger partial charge in [0.15, 0.2) is 0 Å². The lowest BCUT2D eigenvalue weighted by molar-refractivity contribution is -0.137. The minimum atomic E-state index is -3.61. The largest absolute Gasteiger partial charge is 0.481 e. The Morgan fingerprint density at radius 3 is 2.46 bits per heavy atom. The number of rotatable bonds is 7. The maximum absolute atomic E-state index is 12.8. The van der Waals surface area contributed by atoms with E-state index in [0.717, 1.165) is 13.0 Å². The van der Waals surface area contributed by atoms with Gasteiger partial charge in [0.1, 0.15) is 0 Å². The third kappa shape index (κ3) is 4.14. The topological polar surface area (TPSA) is 127 Å². The second-order valence-electron chi connectivity index (χ2n) is 6.38. The first-order valence-corrected chi connectivity index (χ1v) is 9.96. The van der Waals surface area contributed by atoms with Crippen molar-refractivity contribution in [2.75, 3.05) is 32.7 Å². The number of aliphatic carboxylic acids is 1. The van der Waals surface area contributed by atoms with Crippen molar-refractivity contribution in [2.45, 2.75) is 24.2 Å². The second kappa shape index (κ2) is 7.60. The Bertz CT molecular complexity index is 941. The Balaban J connectivity index is 1.60. The van der Waals surface area contributed by atoms with Gasteiger partial charge in [0.05, 0.1) is 15.9 Å². The molecule has 1 fully saturated rings. The highest BCUT2D eigenvalue weighted by Crippen LogP contribution is 2.20. The van der Waals surface area contributed by atoms with Gasteiger partial charge in [0.25, 0.3) is 0 Å². The molecule has 1 aromatic carbocycles. The van der Waals surface area contributed by atoms with Crippen LogP contribution in [0.1, 0.15) is 19.3 Å². The molecule has 10 heteroatoms. The number of piperazine rings is 1. The molecule has 1 aliphatic rings. The standard InChI is InChI=1S/C16H22N4O5S/c21-15(22)3-1-2-6-19-7-9-20(10-8-19)26(24,25)12-4-5-13-14(11-12)18-16(23)17-13/h4-5,11H,1-3,6-10H2,(H,21,22)(H2,17,18,23). The van der Waals surface area contributed by atoms with Gasteiger partial charge in [-0.15, -0.1) is 0 Å². The van der Waals surface area contributed by atoms with Crippen molar-refractivity contribution in [2.24, 2.45) is 0 Å². The fourth-order valence-electron chi connectivity index (χ4n) is 3.13. The lowest BCUT2D eigenvalue weighted by atomic mass is 10.2. The molecule has 26 heavy (non-hydrogen) atoms. The highest BCUT2D eigenvalue weighted by molar-refractivity contribution is 7.89. The first-order chi connectivity index (χ1) is 12.4. The zero-order chi connectivity index (χ0) is 18.7. The minimum absolute atomic E-state index is 0.162. The van der Waals surface area contributed by atoms with Crippen LogP contribution in [0.15, 0.2) is 27.9 Å². The zero-order valence-corrected chi connectivity index (χ0v) is 15.1. The van der Waals surface area contributed by atoms with Crippen molar-refractivity contribution >= 4 is 27.0 Å². The van der Waals surface area contributed by atoms with Crippen molar-refractivity contribution in [1.82, 2.24) is 19.2 Å². The summed E-state index contributed by atoms with van der Waals surface area (Å²) in [5, 5.41) is 8.64. The van der Waals surface area contributed by atoms with Crippen molar-refractivity contribution in [3.05, 3.63) is 28.7 Å². The number of unbranched alkanes of at least 4 members (excludes halogenated alkanes) is 1. The van der Waals surface area contributed by atoms with E-state index in [2.05, 4.69) is 14.9 Å². The molecule has 1 aromatic heterocycles. The number of aromatic amines is 2. The van der Waals surface area contributed by atoms with Crippen LogP contribution < -0.4 is 5.69 Å². The summed E-state index contributed by atoms with van der Waals surface area (Å²) in [6.07, 6.45) is 1.58. The number of hydrogen-bond donors (Lipinski definition) is 3. The van der Waals surface area contributed by atoms with E-state index in [4.69, 9.17) is 5.11 Å². The molecule has 3 rings (SSSR count). The lowest BCUT2D eigenvalue weighted by Crippen LogP contribution is -2.48. The van der Waals surface area contributed by atoms with Gasteiger partial charge < -0.3 is 20.0 Å². The van der Waals surface area contributed by atoms with E-state index in [1.165, 1.54) is 16.4 Å². The Morgan fingerprint density at radius 2 is 1.77 bits per heavy atom. The van der Waals surface area contributed by atoms with Crippen molar-refractivity contribution < 1.29 is 18.3 Å². The molecule has 1 saturated heterocycles. The van der Waals surface area contributed by atoms with Gasteiger partial charge in [0.2, 0.25) is 10.0 Å². The highest BCUT2D eigenvalue weighted by Gasteiger charge is 2.28. The summed E-state index contributed by atoms with van der Waals surface area (Å²) in [5.41, 5.74) is 0.666. The van der Waals surface area contributed by atoms with E-state index in [1.54, 1.807) is 6.07 Å². The van der Waals surface area contributed by atoms with Gasteiger partial charge in [-0.1, -0.05) is 0 Å². The molecule has 0 radical (unpaired) electrons. The average molecular weight is 382 g/mol. The van der Waals surface area contributed by atoms with E-state index in [1.807, 2.05) is 0 Å². The number of hydrogen-bond acceptors (Lipinski definition) is 5. The maximum atomic E-state index is 12.8. The van der Waals surface area contributed by atoms with Crippen LogP contribution in [0.4, 0.5) is 0 Å².